The molecule has 2 N–H and O–H groups in total. The molecule has 1 fully saturated rings. The second-order valence-electron chi connectivity index (χ2n) is 7.81. The molecule has 2 aliphatic rings. The van der Waals surface area contributed by atoms with E-state index >= 15 is 0 Å². The van der Waals surface area contributed by atoms with Gasteiger partial charge in [-0.3, -0.25) is 4.31 Å². The average Bonchev–Trinajstić information content (AvgIpc) is 2.85. The van der Waals surface area contributed by atoms with Crippen LogP contribution in [0.4, 0.5) is 36.3 Å². The lowest BCUT2D eigenvalue weighted by Crippen LogP contribution is -2.44. The molecule has 0 bridgehead atoms. The summed E-state index contributed by atoms with van der Waals surface area (Å²) in [5.41, 5.74) is 1.29. The Kier molecular flexibility index (Phi) is 6.05. The van der Waals surface area contributed by atoms with Crippen molar-refractivity contribution in [2.75, 3.05) is 47.2 Å². The maximum absolute atomic E-state index is 13.9. The summed E-state index contributed by atoms with van der Waals surface area (Å²) in [4.78, 5) is 16.0. The van der Waals surface area contributed by atoms with Gasteiger partial charge in [-0.15, -0.1) is 6.58 Å². The molecule has 0 unspecified atom stereocenters. The van der Waals surface area contributed by atoms with Crippen molar-refractivity contribution in [3.8, 4) is 11.3 Å². The number of benzene rings is 1. The van der Waals surface area contributed by atoms with Gasteiger partial charge < -0.3 is 15.5 Å². The number of nitrogens with one attached hydrogen (secondary N) is 2. The highest BCUT2D eigenvalue weighted by atomic mass is 32.2. The summed E-state index contributed by atoms with van der Waals surface area (Å²) in [6.07, 6.45) is 0.681. The predicted octanol–water partition coefficient (Wildman–Crippen LogP) is 4.72. The molecule has 3 aromatic rings. The van der Waals surface area contributed by atoms with Gasteiger partial charge in [0.25, 0.3) is 0 Å². The van der Waals surface area contributed by atoms with Gasteiger partial charge in [0.05, 0.1) is 16.2 Å². The Morgan fingerprint density at radius 1 is 1.18 bits per heavy atom. The van der Waals surface area contributed by atoms with Crippen LogP contribution in [0, 0.1) is 0 Å². The molecule has 0 atom stereocenters. The fourth-order valence-electron chi connectivity index (χ4n) is 4.03. The normalized spacial score (nSPS) is 15.5. The molecule has 0 spiro atoms. The van der Waals surface area contributed by atoms with Gasteiger partial charge in [0.15, 0.2) is 0 Å². The number of fused-ring (bicyclic) bond motifs is 3. The molecule has 1 saturated heterocycles. The molecule has 0 aliphatic carbocycles. The lowest BCUT2D eigenvalue weighted by Gasteiger charge is -2.31. The second kappa shape index (κ2) is 9.15. The van der Waals surface area contributed by atoms with Crippen LogP contribution < -0.4 is 19.8 Å². The number of pyridine rings is 1. The van der Waals surface area contributed by atoms with Crippen LogP contribution in [0.1, 0.15) is 5.56 Å². The number of alkyl halides is 3. The highest BCUT2D eigenvalue weighted by molar-refractivity contribution is 8.00. The number of nitrogens with zero attached hydrogens (tertiary/aromatic N) is 5. The van der Waals surface area contributed by atoms with Gasteiger partial charge in [0.2, 0.25) is 5.95 Å². The highest BCUT2D eigenvalue weighted by Crippen LogP contribution is 2.44. The third kappa shape index (κ3) is 4.40. The van der Waals surface area contributed by atoms with E-state index in [9.17, 15) is 13.2 Å². The first-order valence-corrected chi connectivity index (χ1v) is 11.5. The van der Waals surface area contributed by atoms with Crippen LogP contribution in [-0.4, -0.2) is 47.7 Å². The van der Waals surface area contributed by atoms with E-state index in [1.54, 1.807) is 29.4 Å². The van der Waals surface area contributed by atoms with Crippen molar-refractivity contribution >= 4 is 35.1 Å². The zero-order valence-corrected chi connectivity index (χ0v) is 19.0. The van der Waals surface area contributed by atoms with Crippen LogP contribution in [0.5, 0.6) is 0 Å². The van der Waals surface area contributed by atoms with Gasteiger partial charge >= 0.3 is 6.18 Å². The Labute approximate surface area is 199 Å². The summed E-state index contributed by atoms with van der Waals surface area (Å²) in [5, 5.41) is 6.11. The van der Waals surface area contributed by atoms with Crippen LogP contribution in [0.25, 0.3) is 11.3 Å². The number of piperazine rings is 1. The minimum absolute atomic E-state index is 0.185. The van der Waals surface area contributed by atoms with Crippen LogP contribution in [0.3, 0.4) is 0 Å². The molecular weight excluding hydrogens is 463 g/mol. The van der Waals surface area contributed by atoms with Crippen molar-refractivity contribution in [3.05, 3.63) is 60.9 Å². The highest BCUT2D eigenvalue weighted by Gasteiger charge is 2.35. The van der Waals surface area contributed by atoms with Crippen LogP contribution in [-0.2, 0) is 6.18 Å². The summed E-state index contributed by atoms with van der Waals surface area (Å²) >= 11 is 1.45. The topological polar surface area (TPSA) is 69.2 Å². The summed E-state index contributed by atoms with van der Waals surface area (Å²) in [5.74, 6) is 0.971. The number of hydrogen-bond acceptors (Lipinski definition) is 8. The van der Waals surface area contributed by atoms with E-state index in [4.69, 9.17) is 0 Å². The fraction of sp³-hybridized carbons (Fsp3) is 0.261. The summed E-state index contributed by atoms with van der Waals surface area (Å²) in [6.45, 7) is 6.74. The molecule has 7 nitrogen and oxygen atoms in total. The Hall–Kier alpha value is -3.31. The molecule has 0 amide bonds. The Balaban J connectivity index is 1.46. The van der Waals surface area contributed by atoms with Crippen LogP contribution in [0.15, 0.2) is 60.3 Å². The molecule has 176 valence electrons. The van der Waals surface area contributed by atoms with Gasteiger partial charge in [-0.2, -0.15) is 13.2 Å². The smallest absolute Gasteiger partial charge is 0.368 e. The van der Waals surface area contributed by atoms with Gasteiger partial charge in [0.1, 0.15) is 5.82 Å². The molecule has 0 saturated carbocycles. The number of aromatic nitrogens is 3. The third-order valence-corrected chi connectivity index (χ3v) is 6.59. The van der Waals surface area contributed by atoms with Crippen molar-refractivity contribution in [1.29, 1.82) is 0 Å². The monoisotopic (exact) mass is 485 g/mol. The number of hydrogen-bond donors (Lipinski definition) is 2. The molecule has 11 heteroatoms. The SMILES string of the molecule is C=CCN1Sc2cnc(Nc3ccc(N4CCNCC4)c(C(F)(F)F)c3)nc2-c2cccnc21. The average molecular weight is 486 g/mol. The molecule has 2 aliphatic heterocycles. The molecule has 0 radical (unpaired) electrons. The van der Waals surface area contributed by atoms with Gasteiger partial charge in [-0.1, -0.05) is 6.08 Å². The number of halogens is 3. The fourth-order valence-corrected chi connectivity index (χ4v) is 5.02. The second-order valence-corrected chi connectivity index (χ2v) is 8.88. The molecule has 5 rings (SSSR count). The first-order chi connectivity index (χ1) is 16.4. The van der Waals surface area contributed by atoms with E-state index in [0.29, 0.717) is 38.4 Å². The lowest BCUT2D eigenvalue weighted by molar-refractivity contribution is -0.137. The first kappa shape index (κ1) is 22.5. The quantitative estimate of drug-likeness (QED) is 0.397. The minimum Gasteiger partial charge on any atom is -0.368 e. The Bertz CT molecular complexity index is 1210. The van der Waals surface area contributed by atoms with Crippen molar-refractivity contribution in [3.63, 3.8) is 0 Å². The van der Waals surface area contributed by atoms with E-state index in [2.05, 4.69) is 32.2 Å². The number of rotatable bonds is 5. The van der Waals surface area contributed by atoms with Crippen molar-refractivity contribution in [1.82, 2.24) is 20.3 Å². The van der Waals surface area contributed by atoms with Crippen LogP contribution >= 0.6 is 11.9 Å². The number of anilines is 4. The van der Waals surface area contributed by atoms with E-state index in [0.717, 1.165) is 22.3 Å². The zero-order chi connectivity index (χ0) is 23.7. The van der Waals surface area contributed by atoms with Crippen LogP contribution in [0.2, 0.25) is 0 Å². The summed E-state index contributed by atoms with van der Waals surface area (Å²) in [7, 11) is 0. The largest absolute Gasteiger partial charge is 0.418 e. The first-order valence-electron chi connectivity index (χ1n) is 10.8. The van der Waals surface area contributed by atoms with Crippen molar-refractivity contribution < 1.29 is 13.2 Å². The standard InChI is InChI=1S/C23H22F3N7S/c1-2-10-33-21-16(4-3-7-28-21)20-19(34-33)14-29-22(31-20)30-15-5-6-18(17(13-15)23(24,25)26)32-11-8-27-9-12-32/h2-7,13-14,27H,1,8-12H2,(H,29,30,31). The van der Waals surface area contributed by atoms with Gasteiger partial charge in [-0.25, -0.2) is 15.0 Å². The molecule has 4 heterocycles. The van der Waals surface area contributed by atoms with E-state index < -0.39 is 11.7 Å². The Morgan fingerprint density at radius 2 is 2.00 bits per heavy atom. The van der Waals surface area contributed by atoms with Gasteiger partial charge in [-0.05, 0) is 42.3 Å². The minimum atomic E-state index is -4.48. The van der Waals surface area contributed by atoms with E-state index in [1.807, 2.05) is 16.4 Å². The zero-order valence-electron chi connectivity index (χ0n) is 18.1. The van der Waals surface area contributed by atoms with E-state index in [-0.39, 0.29) is 17.3 Å². The van der Waals surface area contributed by atoms with Crippen molar-refractivity contribution in [2.45, 2.75) is 11.1 Å². The van der Waals surface area contributed by atoms with Gasteiger partial charge in [0, 0.05) is 62.1 Å². The van der Waals surface area contributed by atoms with Crippen molar-refractivity contribution in [2.24, 2.45) is 0 Å². The summed E-state index contributed by atoms with van der Waals surface area (Å²) in [6, 6.07) is 8.00. The molecule has 1 aromatic carbocycles. The summed E-state index contributed by atoms with van der Waals surface area (Å²) < 4.78 is 43.7. The Morgan fingerprint density at radius 3 is 2.76 bits per heavy atom. The maximum Gasteiger partial charge on any atom is 0.418 e. The third-order valence-electron chi connectivity index (χ3n) is 5.55. The maximum atomic E-state index is 13.9. The van der Waals surface area contributed by atoms with E-state index in [1.165, 1.54) is 18.0 Å². The molecular formula is C23H22F3N7S. The predicted molar refractivity (Wildman–Crippen MR) is 128 cm³/mol. The molecule has 2 aromatic heterocycles. The molecule has 34 heavy (non-hydrogen) atoms. The lowest BCUT2D eigenvalue weighted by atomic mass is 10.1.